The van der Waals surface area contributed by atoms with Crippen LogP contribution in [0.25, 0.3) is 0 Å². The minimum Gasteiger partial charge on any atom is -0.353 e. The lowest BCUT2D eigenvalue weighted by Gasteiger charge is -2.30. The van der Waals surface area contributed by atoms with E-state index >= 15 is 0 Å². The molecule has 0 aliphatic carbocycles. The van der Waals surface area contributed by atoms with E-state index in [9.17, 15) is 13.2 Å². The van der Waals surface area contributed by atoms with Gasteiger partial charge in [-0.05, 0) is 42.3 Å². The van der Waals surface area contributed by atoms with Crippen molar-refractivity contribution in [2.75, 3.05) is 22.9 Å². The van der Waals surface area contributed by atoms with Gasteiger partial charge in [-0.3, -0.25) is 9.10 Å². The van der Waals surface area contributed by atoms with E-state index in [-0.39, 0.29) is 5.91 Å². The van der Waals surface area contributed by atoms with Crippen molar-refractivity contribution < 1.29 is 13.2 Å². The highest BCUT2D eigenvalue weighted by Crippen LogP contribution is 2.28. The van der Waals surface area contributed by atoms with Crippen molar-refractivity contribution in [2.24, 2.45) is 0 Å². The number of thioether (sulfide) groups is 1. The van der Waals surface area contributed by atoms with Gasteiger partial charge in [-0.1, -0.05) is 53.9 Å². The summed E-state index contributed by atoms with van der Waals surface area (Å²) in [5, 5.41) is 4.43. The molecule has 5 nitrogen and oxygen atoms in total. The van der Waals surface area contributed by atoms with E-state index < -0.39 is 16.1 Å². The molecular weight excluding hydrogens is 487 g/mol. The van der Waals surface area contributed by atoms with E-state index in [1.54, 1.807) is 55.1 Å². The third-order valence-corrected chi connectivity index (χ3v) is 7.35. The Hall–Kier alpha value is -1.12. The lowest BCUT2D eigenvalue weighted by atomic mass is 10.2. The van der Waals surface area contributed by atoms with Crippen LogP contribution in [0.2, 0.25) is 15.1 Å². The molecule has 0 aliphatic rings. The van der Waals surface area contributed by atoms with E-state index in [0.717, 1.165) is 16.1 Å². The molecule has 2 aromatic rings. The van der Waals surface area contributed by atoms with Crippen LogP contribution in [-0.2, 0) is 20.6 Å². The fraction of sp³-hybridized carbons (Fsp3) is 0.350. The number of nitrogens with one attached hydrogen (secondary N) is 1. The third kappa shape index (κ3) is 6.95. The largest absolute Gasteiger partial charge is 0.353 e. The van der Waals surface area contributed by atoms with Crippen LogP contribution in [-0.4, -0.2) is 38.9 Å². The molecule has 1 N–H and O–H groups in total. The first-order valence-corrected chi connectivity index (χ1v) is 13.3. The molecule has 0 bridgehead atoms. The van der Waals surface area contributed by atoms with Crippen molar-refractivity contribution in [3.63, 3.8) is 0 Å². The smallest absolute Gasteiger partial charge is 0.243 e. The van der Waals surface area contributed by atoms with Gasteiger partial charge in [-0.25, -0.2) is 8.42 Å². The van der Waals surface area contributed by atoms with Gasteiger partial charge in [-0.2, -0.15) is 11.8 Å². The minimum atomic E-state index is -3.69. The van der Waals surface area contributed by atoms with Crippen LogP contribution in [0, 0.1) is 0 Å². The predicted molar refractivity (Wildman–Crippen MR) is 128 cm³/mol. The van der Waals surface area contributed by atoms with Crippen LogP contribution in [0.5, 0.6) is 0 Å². The topological polar surface area (TPSA) is 66.5 Å². The lowest BCUT2D eigenvalue weighted by molar-refractivity contribution is -0.122. The average molecular weight is 510 g/mol. The summed E-state index contributed by atoms with van der Waals surface area (Å²) in [4.78, 5) is 12.8. The monoisotopic (exact) mass is 508 g/mol. The second-order valence-electron chi connectivity index (χ2n) is 6.51. The summed E-state index contributed by atoms with van der Waals surface area (Å²) in [7, 11) is -3.69. The first kappa shape index (κ1) is 25.1. The second-order valence-corrected chi connectivity index (χ2v) is 10.7. The van der Waals surface area contributed by atoms with Crippen molar-refractivity contribution in [1.29, 1.82) is 0 Å². The van der Waals surface area contributed by atoms with Crippen LogP contribution in [0.4, 0.5) is 5.69 Å². The van der Waals surface area contributed by atoms with Gasteiger partial charge < -0.3 is 5.32 Å². The summed E-state index contributed by atoms with van der Waals surface area (Å²) in [5.41, 5.74) is 1.21. The molecule has 0 heterocycles. The molecule has 0 saturated heterocycles. The van der Waals surface area contributed by atoms with Gasteiger partial charge in [0.15, 0.2) is 0 Å². The van der Waals surface area contributed by atoms with Gasteiger partial charge in [-0.15, -0.1) is 0 Å². The zero-order chi connectivity index (χ0) is 22.3. The van der Waals surface area contributed by atoms with Gasteiger partial charge in [0.2, 0.25) is 15.9 Å². The fourth-order valence-corrected chi connectivity index (χ4v) is 5.87. The molecule has 1 unspecified atom stereocenters. The number of hydrogen-bond acceptors (Lipinski definition) is 4. The molecule has 10 heteroatoms. The number of amides is 1. The molecule has 1 amide bonds. The van der Waals surface area contributed by atoms with Crippen LogP contribution in [0.3, 0.4) is 0 Å². The maximum absolute atomic E-state index is 12.8. The summed E-state index contributed by atoms with van der Waals surface area (Å²) in [6.07, 6.45) is 1.39. The maximum Gasteiger partial charge on any atom is 0.243 e. The van der Waals surface area contributed by atoms with Gasteiger partial charge in [0.05, 0.1) is 11.9 Å². The normalized spacial score (nSPS) is 12.4. The Kier molecular flexibility index (Phi) is 9.63. The first-order valence-electron chi connectivity index (χ1n) is 9.18. The fourth-order valence-electron chi connectivity index (χ4n) is 2.88. The molecule has 0 saturated carbocycles. The Bertz CT molecular complexity index is 967. The third-order valence-electron chi connectivity index (χ3n) is 4.25. The molecule has 0 spiro atoms. The Morgan fingerprint density at radius 1 is 1.13 bits per heavy atom. The molecule has 164 valence electrons. The zero-order valence-electron chi connectivity index (χ0n) is 16.6. The van der Waals surface area contributed by atoms with Crippen molar-refractivity contribution in [3.05, 3.63) is 63.1 Å². The van der Waals surface area contributed by atoms with E-state index in [4.69, 9.17) is 34.8 Å². The molecule has 2 rings (SSSR count). The summed E-state index contributed by atoms with van der Waals surface area (Å²) in [6.45, 7) is 2.15. The number of benzene rings is 2. The van der Waals surface area contributed by atoms with Crippen LogP contribution in [0.1, 0.15) is 18.9 Å². The van der Waals surface area contributed by atoms with E-state index in [1.165, 1.54) is 6.07 Å². The highest BCUT2D eigenvalue weighted by atomic mass is 35.5. The number of carbonyl (C=O) groups is 1. The van der Waals surface area contributed by atoms with Crippen LogP contribution in [0.15, 0.2) is 42.5 Å². The lowest BCUT2D eigenvalue weighted by Crippen LogP contribution is -2.49. The summed E-state index contributed by atoms with van der Waals surface area (Å²) in [6, 6.07) is 10.9. The molecule has 1 atom stereocenters. The Labute approximate surface area is 197 Å². The number of sulfonamides is 1. The van der Waals surface area contributed by atoms with Crippen molar-refractivity contribution in [2.45, 2.75) is 25.1 Å². The SMILES string of the molecule is CCC(C(=O)NCCSCc1c(Cl)cccc1Cl)N(c1cccc(Cl)c1)S(C)(=O)=O. The Morgan fingerprint density at radius 3 is 2.33 bits per heavy atom. The predicted octanol–water partition coefficient (Wildman–Crippen LogP) is 5.24. The number of anilines is 1. The summed E-state index contributed by atoms with van der Waals surface area (Å²) in [5.74, 6) is 0.878. The maximum atomic E-state index is 12.8. The number of carbonyl (C=O) groups excluding carboxylic acids is 1. The van der Waals surface area contributed by atoms with E-state index in [1.807, 2.05) is 0 Å². The molecule has 0 aliphatic heterocycles. The quantitative estimate of drug-likeness (QED) is 0.445. The van der Waals surface area contributed by atoms with Crippen LogP contribution >= 0.6 is 46.6 Å². The standard InChI is InChI=1S/C20H23Cl3N2O3S2/c1-3-19(25(30(2,27)28)15-7-4-6-14(21)12-15)20(26)24-10-11-29-13-16-17(22)8-5-9-18(16)23/h4-9,12,19H,3,10-11,13H2,1-2H3,(H,24,26). The number of hydrogen-bond donors (Lipinski definition) is 1. The minimum absolute atomic E-state index is 0.313. The van der Waals surface area contributed by atoms with Gasteiger partial charge in [0, 0.05) is 33.1 Å². The number of halogens is 3. The zero-order valence-corrected chi connectivity index (χ0v) is 20.5. The Morgan fingerprint density at radius 2 is 1.77 bits per heavy atom. The highest BCUT2D eigenvalue weighted by molar-refractivity contribution is 7.98. The molecule has 2 aromatic carbocycles. The van der Waals surface area contributed by atoms with Gasteiger partial charge >= 0.3 is 0 Å². The average Bonchev–Trinajstić information content (AvgIpc) is 2.66. The molecule has 0 fully saturated rings. The van der Waals surface area contributed by atoms with Crippen molar-refractivity contribution in [3.8, 4) is 0 Å². The summed E-state index contributed by atoms with van der Waals surface area (Å²) < 4.78 is 26.0. The van der Waals surface area contributed by atoms with Crippen LogP contribution < -0.4 is 9.62 Å². The van der Waals surface area contributed by atoms with Crippen molar-refractivity contribution in [1.82, 2.24) is 5.32 Å². The van der Waals surface area contributed by atoms with Gasteiger partial charge in [0.25, 0.3) is 0 Å². The van der Waals surface area contributed by atoms with Crippen molar-refractivity contribution >= 4 is 68.2 Å². The van der Waals surface area contributed by atoms with E-state index in [0.29, 0.717) is 45.2 Å². The number of nitrogens with zero attached hydrogens (tertiary/aromatic N) is 1. The molecular formula is C20H23Cl3N2O3S2. The van der Waals surface area contributed by atoms with E-state index in [2.05, 4.69) is 5.32 Å². The first-order chi connectivity index (χ1) is 14.1. The van der Waals surface area contributed by atoms with Gasteiger partial charge in [0.1, 0.15) is 6.04 Å². The Balaban J connectivity index is 1.99. The molecule has 30 heavy (non-hydrogen) atoms. The molecule has 0 radical (unpaired) electrons. The highest BCUT2D eigenvalue weighted by Gasteiger charge is 2.31. The summed E-state index contributed by atoms with van der Waals surface area (Å²) >= 11 is 19.9. The number of rotatable bonds is 10. The molecule has 0 aromatic heterocycles. The second kappa shape index (κ2) is 11.5.